The number of nitrogens with one attached hydrogen (secondary N) is 1. The number of aromatic amines is 1. The highest BCUT2D eigenvalue weighted by molar-refractivity contribution is 7.48. The number of rotatable bonds is 5. The summed E-state index contributed by atoms with van der Waals surface area (Å²) in [6, 6.07) is 0. The smallest absolute Gasteiger partial charge is 0.435 e. The molecule has 0 saturated carbocycles. The summed E-state index contributed by atoms with van der Waals surface area (Å²) in [5.41, 5.74) is -2.88. The molecule has 2 unspecified atom stereocenters. The number of aliphatic hydroxyl groups is 1. The summed E-state index contributed by atoms with van der Waals surface area (Å²) < 4.78 is 53.1. The second-order valence-electron chi connectivity index (χ2n) is 8.13. The van der Waals surface area contributed by atoms with Gasteiger partial charge in [-0.3, -0.25) is 28.2 Å². The van der Waals surface area contributed by atoms with E-state index in [4.69, 9.17) is 23.0 Å². The standard InChI is InChI=1S/C17H24FN2O10P/c1-17(2,3)15(23)29-13-4-5-26-31(25,30-13)27-8-11-10(21)6-12(28-11)20-7-9(18)14(22)19-16(20)24/h7,10-13,21H,4-6,8H2,1-3H3,(H,19,22,24)/t10-,11+,12+,13?,31?/m0/s1. The van der Waals surface area contributed by atoms with Gasteiger partial charge in [-0.1, -0.05) is 0 Å². The van der Waals surface area contributed by atoms with Crippen molar-refractivity contribution >= 4 is 13.8 Å². The number of aromatic nitrogens is 2. The third kappa shape index (κ3) is 5.68. The third-order valence-electron chi connectivity index (χ3n) is 4.54. The van der Waals surface area contributed by atoms with Crippen LogP contribution in [0.1, 0.15) is 39.8 Å². The van der Waals surface area contributed by atoms with Crippen molar-refractivity contribution in [1.82, 2.24) is 9.55 Å². The average Bonchev–Trinajstić information content (AvgIpc) is 3.03. The van der Waals surface area contributed by atoms with Crippen LogP contribution >= 0.6 is 7.82 Å². The molecule has 0 radical (unpaired) electrons. The summed E-state index contributed by atoms with van der Waals surface area (Å²) in [7, 11) is -4.12. The molecule has 0 aromatic carbocycles. The number of hydrogen-bond donors (Lipinski definition) is 2. The lowest BCUT2D eigenvalue weighted by molar-refractivity contribution is -0.182. The van der Waals surface area contributed by atoms with E-state index in [1.165, 1.54) is 0 Å². The Kier molecular flexibility index (Phi) is 6.84. The first-order valence-corrected chi connectivity index (χ1v) is 11.0. The fourth-order valence-corrected chi connectivity index (χ4v) is 4.10. The molecular weight excluding hydrogens is 442 g/mol. The van der Waals surface area contributed by atoms with Crippen LogP contribution in [0.4, 0.5) is 4.39 Å². The maximum absolute atomic E-state index is 13.5. The molecule has 2 N–H and O–H groups in total. The van der Waals surface area contributed by atoms with Gasteiger partial charge < -0.3 is 14.6 Å². The number of aliphatic hydroxyl groups excluding tert-OH is 1. The fourth-order valence-electron chi connectivity index (χ4n) is 2.81. The summed E-state index contributed by atoms with van der Waals surface area (Å²) in [4.78, 5) is 36.8. The summed E-state index contributed by atoms with van der Waals surface area (Å²) in [6.07, 6.45) is -3.71. The van der Waals surface area contributed by atoms with Gasteiger partial charge in [0.2, 0.25) is 12.1 Å². The van der Waals surface area contributed by atoms with Crippen LogP contribution in [-0.2, 0) is 32.4 Å². The summed E-state index contributed by atoms with van der Waals surface area (Å²) in [6.45, 7) is 4.45. The first kappa shape index (κ1) is 23.8. The second kappa shape index (κ2) is 8.93. The number of H-pyrrole nitrogens is 1. The Labute approximate surface area is 175 Å². The normalized spacial score (nSPS) is 31.5. The number of carbonyl (C=O) groups is 1. The molecule has 0 spiro atoms. The summed E-state index contributed by atoms with van der Waals surface area (Å²) in [5, 5.41) is 10.2. The van der Waals surface area contributed by atoms with Gasteiger partial charge in [0, 0.05) is 12.8 Å². The maximum Gasteiger partial charge on any atom is 0.478 e. The van der Waals surface area contributed by atoms with Gasteiger partial charge in [0.15, 0.2) is 0 Å². The number of carbonyl (C=O) groups excluding carboxylic acids is 1. The number of halogens is 1. The molecule has 1 aromatic rings. The zero-order valence-corrected chi connectivity index (χ0v) is 18.0. The molecule has 12 nitrogen and oxygen atoms in total. The van der Waals surface area contributed by atoms with E-state index in [1.54, 1.807) is 25.8 Å². The van der Waals surface area contributed by atoms with E-state index in [9.17, 15) is 28.4 Å². The van der Waals surface area contributed by atoms with Crippen LogP contribution in [-0.4, -0.2) is 52.3 Å². The molecule has 174 valence electrons. The minimum absolute atomic E-state index is 0.0535. The van der Waals surface area contributed by atoms with Gasteiger partial charge in [-0.2, -0.15) is 4.39 Å². The van der Waals surface area contributed by atoms with Crippen molar-refractivity contribution in [2.75, 3.05) is 13.2 Å². The van der Waals surface area contributed by atoms with Crippen LogP contribution in [0.15, 0.2) is 15.8 Å². The first-order valence-electron chi connectivity index (χ1n) is 9.51. The number of ether oxygens (including phenoxy) is 2. The number of nitrogens with zero attached hydrogens (tertiary/aromatic N) is 1. The van der Waals surface area contributed by atoms with Crippen molar-refractivity contribution in [2.24, 2.45) is 5.41 Å². The van der Waals surface area contributed by atoms with Crippen molar-refractivity contribution in [3.05, 3.63) is 32.9 Å². The summed E-state index contributed by atoms with van der Waals surface area (Å²) >= 11 is 0. The van der Waals surface area contributed by atoms with Gasteiger partial charge in [0.1, 0.15) is 12.3 Å². The topological polar surface area (TPSA) is 155 Å². The zero-order valence-electron chi connectivity index (χ0n) is 17.1. The second-order valence-corrected chi connectivity index (χ2v) is 9.75. The van der Waals surface area contributed by atoms with E-state index in [1.807, 2.05) is 0 Å². The third-order valence-corrected chi connectivity index (χ3v) is 5.99. The molecule has 31 heavy (non-hydrogen) atoms. The Morgan fingerprint density at radius 1 is 1.42 bits per heavy atom. The van der Waals surface area contributed by atoms with Gasteiger partial charge in [-0.15, -0.1) is 0 Å². The highest BCUT2D eigenvalue weighted by Gasteiger charge is 2.42. The Morgan fingerprint density at radius 2 is 2.13 bits per heavy atom. The lowest BCUT2D eigenvalue weighted by Gasteiger charge is -2.30. The lowest BCUT2D eigenvalue weighted by Crippen LogP contribution is -2.34. The van der Waals surface area contributed by atoms with Crippen LogP contribution in [0.3, 0.4) is 0 Å². The molecule has 0 aliphatic carbocycles. The lowest BCUT2D eigenvalue weighted by atomic mass is 9.97. The van der Waals surface area contributed by atoms with Gasteiger partial charge in [-0.05, 0) is 20.8 Å². The number of hydrogen-bond acceptors (Lipinski definition) is 10. The minimum Gasteiger partial charge on any atom is -0.435 e. The average molecular weight is 466 g/mol. The van der Waals surface area contributed by atoms with Gasteiger partial charge in [0.25, 0.3) is 5.56 Å². The number of phosphoric acid groups is 1. The predicted octanol–water partition coefficient (Wildman–Crippen LogP) is 0.801. The van der Waals surface area contributed by atoms with Gasteiger partial charge >= 0.3 is 19.5 Å². The first-order chi connectivity index (χ1) is 14.4. The maximum atomic E-state index is 13.5. The van der Waals surface area contributed by atoms with Crippen molar-refractivity contribution in [3.8, 4) is 0 Å². The number of esters is 1. The zero-order chi connectivity index (χ0) is 23.0. The van der Waals surface area contributed by atoms with Crippen LogP contribution in [0.5, 0.6) is 0 Å². The molecule has 2 aliphatic rings. The van der Waals surface area contributed by atoms with E-state index < -0.39 is 67.6 Å². The highest BCUT2D eigenvalue weighted by atomic mass is 31.2. The van der Waals surface area contributed by atoms with Gasteiger partial charge in [-0.25, -0.2) is 13.9 Å². The Hall–Kier alpha value is -1.89. The van der Waals surface area contributed by atoms with E-state index >= 15 is 0 Å². The molecule has 2 fully saturated rings. The predicted molar refractivity (Wildman–Crippen MR) is 100 cm³/mol. The van der Waals surface area contributed by atoms with Crippen molar-refractivity contribution in [1.29, 1.82) is 0 Å². The van der Waals surface area contributed by atoms with E-state index in [0.29, 0.717) is 6.20 Å². The molecule has 2 aliphatic heterocycles. The van der Waals surface area contributed by atoms with Crippen molar-refractivity contribution < 1.29 is 41.9 Å². The molecular formula is C17H24FN2O10P. The Balaban J connectivity index is 1.60. The van der Waals surface area contributed by atoms with Crippen LogP contribution < -0.4 is 11.2 Å². The molecule has 3 rings (SSSR count). The molecule has 1 aromatic heterocycles. The minimum atomic E-state index is -4.12. The van der Waals surface area contributed by atoms with Crippen molar-refractivity contribution in [2.45, 2.75) is 58.3 Å². The van der Waals surface area contributed by atoms with Crippen LogP contribution in [0.2, 0.25) is 0 Å². The monoisotopic (exact) mass is 466 g/mol. The molecule has 2 saturated heterocycles. The fraction of sp³-hybridized carbons (Fsp3) is 0.706. The molecule has 14 heteroatoms. The van der Waals surface area contributed by atoms with E-state index in [-0.39, 0.29) is 19.4 Å². The molecule has 5 atom stereocenters. The molecule has 0 amide bonds. The Bertz CT molecular complexity index is 986. The quantitative estimate of drug-likeness (QED) is 0.470. The van der Waals surface area contributed by atoms with Crippen LogP contribution in [0, 0.1) is 11.2 Å². The van der Waals surface area contributed by atoms with E-state index in [0.717, 1.165) is 4.57 Å². The van der Waals surface area contributed by atoms with Crippen LogP contribution in [0.25, 0.3) is 0 Å². The summed E-state index contributed by atoms with van der Waals surface area (Å²) in [5.74, 6) is -1.75. The highest BCUT2D eigenvalue weighted by Crippen LogP contribution is 2.54. The van der Waals surface area contributed by atoms with Gasteiger partial charge in [0.05, 0.1) is 30.9 Å². The number of phosphoric ester groups is 1. The largest absolute Gasteiger partial charge is 0.478 e. The van der Waals surface area contributed by atoms with E-state index in [2.05, 4.69) is 0 Å². The van der Waals surface area contributed by atoms with Crippen molar-refractivity contribution in [3.63, 3.8) is 0 Å². The Morgan fingerprint density at radius 3 is 2.81 bits per heavy atom. The SMILES string of the molecule is CC(C)(C)C(=O)OC1CCOP(=O)(OC[C@H]2O[C@@H](n3cc(F)c(=O)[nH]c3=O)C[C@@H]2O)O1. The molecule has 3 heterocycles. The molecule has 0 bridgehead atoms.